The van der Waals surface area contributed by atoms with E-state index in [9.17, 15) is 18.8 Å². The van der Waals surface area contributed by atoms with Crippen LogP contribution < -0.4 is 4.90 Å². The van der Waals surface area contributed by atoms with Crippen LogP contribution in [0.1, 0.15) is 18.4 Å². The lowest BCUT2D eigenvalue weighted by atomic mass is 10.0. The number of anilines is 2. The summed E-state index contributed by atoms with van der Waals surface area (Å²) in [5, 5.41) is 17.2. The van der Waals surface area contributed by atoms with Gasteiger partial charge in [0.05, 0.1) is 11.6 Å². The fourth-order valence-electron chi connectivity index (χ4n) is 4.35. The normalized spacial score (nSPS) is 14.2. The number of piperidine rings is 1. The van der Waals surface area contributed by atoms with Crippen LogP contribution in [0.2, 0.25) is 0 Å². The van der Waals surface area contributed by atoms with Gasteiger partial charge in [0.15, 0.2) is 0 Å². The van der Waals surface area contributed by atoms with Gasteiger partial charge in [-0.15, -0.1) is 5.10 Å². The number of carbonyl (C=O) groups excluding carboxylic acids is 1. The smallest absolute Gasteiger partial charge is 0.338 e. The van der Waals surface area contributed by atoms with Gasteiger partial charge in [-0.25, -0.2) is 13.6 Å². The SMILES string of the molecule is N#Cc1ccc2nnn(C(=O)N3CCC(N(c4ccc(F)cc4)c4ccc(F)cc4)CC3)c2c1. The van der Waals surface area contributed by atoms with Gasteiger partial charge in [-0.1, -0.05) is 5.21 Å². The molecule has 7 nitrogen and oxygen atoms in total. The number of hydrogen-bond acceptors (Lipinski definition) is 5. The molecule has 1 fully saturated rings. The predicted molar refractivity (Wildman–Crippen MR) is 123 cm³/mol. The lowest BCUT2D eigenvalue weighted by molar-refractivity contribution is 0.180. The monoisotopic (exact) mass is 458 g/mol. The Morgan fingerprint density at radius 2 is 1.53 bits per heavy atom. The number of likely N-dealkylation sites (tertiary alicyclic amines) is 1. The molecule has 1 aliphatic heterocycles. The highest BCUT2D eigenvalue weighted by molar-refractivity contribution is 5.88. The van der Waals surface area contributed by atoms with Gasteiger partial charge in [0.2, 0.25) is 0 Å². The Balaban J connectivity index is 1.37. The molecular formula is C25H20F2N6O. The average molecular weight is 458 g/mol. The third kappa shape index (κ3) is 4.06. The fourth-order valence-corrected chi connectivity index (χ4v) is 4.35. The van der Waals surface area contributed by atoms with Gasteiger partial charge in [0.25, 0.3) is 0 Å². The molecule has 3 aromatic carbocycles. The van der Waals surface area contributed by atoms with Gasteiger partial charge in [0, 0.05) is 30.5 Å². The predicted octanol–water partition coefficient (Wildman–Crippen LogP) is 4.85. The van der Waals surface area contributed by atoms with E-state index in [1.807, 2.05) is 0 Å². The van der Waals surface area contributed by atoms with E-state index < -0.39 is 0 Å². The Labute approximate surface area is 194 Å². The van der Waals surface area contributed by atoms with Crippen LogP contribution >= 0.6 is 0 Å². The number of hydrogen-bond donors (Lipinski definition) is 0. The van der Waals surface area contributed by atoms with Crippen LogP contribution in [0, 0.1) is 23.0 Å². The quantitative estimate of drug-likeness (QED) is 0.439. The number of nitrogens with zero attached hydrogens (tertiary/aromatic N) is 6. The molecule has 0 spiro atoms. The Morgan fingerprint density at radius 1 is 0.941 bits per heavy atom. The molecular weight excluding hydrogens is 438 g/mol. The molecule has 9 heteroatoms. The molecule has 0 aliphatic carbocycles. The second-order valence-electron chi connectivity index (χ2n) is 8.14. The maximum Gasteiger partial charge on any atom is 0.346 e. The molecule has 170 valence electrons. The third-order valence-electron chi connectivity index (χ3n) is 6.07. The van der Waals surface area contributed by atoms with Crippen LogP contribution in [-0.2, 0) is 0 Å². The molecule has 0 N–H and O–H groups in total. The van der Waals surface area contributed by atoms with Crippen molar-refractivity contribution in [1.29, 1.82) is 5.26 Å². The van der Waals surface area contributed by atoms with Gasteiger partial charge in [0.1, 0.15) is 22.7 Å². The topological polar surface area (TPSA) is 78.0 Å². The van der Waals surface area contributed by atoms with Crippen LogP contribution in [0.25, 0.3) is 11.0 Å². The molecule has 1 saturated heterocycles. The molecule has 5 rings (SSSR count). The summed E-state index contributed by atoms with van der Waals surface area (Å²) in [6, 6.07) is 19.1. The minimum atomic E-state index is -0.331. The van der Waals surface area contributed by atoms with Crippen molar-refractivity contribution in [3.8, 4) is 6.07 Å². The maximum absolute atomic E-state index is 13.5. The standard InChI is InChI=1S/C25H20F2N6O/c26-18-2-6-20(7-3-18)32(21-8-4-19(27)5-9-21)22-11-13-31(14-12-22)25(34)33-24-15-17(16-28)1-10-23(24)29-30-33/h1-10,15,22H,11-14H2. The van der Waals surface area contributed by atoms with Crippen molar-refractivity contribution in [2.24, 2.45) is 0 Å². The molecule has 0 radical (unpaired) electrons. The molecule has 1 amide bonds. The Kier molecular flexibility index (Phi) is 5.64. The second-order valence-corrected chi connectivity index (χ2v) is 8.14. The number of amides is 1. The highest BCUT2D eigenvalue weighted by atomic mass is 19.1. The largest absolute Gasteiger partial charge is 0.346 e. The summed E-state index contributed by atoms with van der Waals surface area (Å²) in [5.74, 6) is -0.661. The number of fused-ring (bicyclic) bond motifs is 1. The van der Waals surface area contributed by atoms with E-state index in [1.165, 1.54) is 28.9 Å². The number of nitriles is 1. The lowest BCUT2D eigenvalue weighted by Crippen LogP contribution is -2.47. The van der Waals surface area contributed by atoms with E-state index in [-0.39, 0.29) is 23.7 Å². The van der Waals surface area contributed by atoms with Gasteiger partial charge in [-0.2, -0.15) is 9.94 Å². The number of halogens is 2. The molecule has 0 bridgehead atoms. The minimum Gasteiger partial charge on any atom is -0.338 e. The number of benzene rings is 3. The molecule has 4 aromatic rings. The van der Waals surface area contributed by atoms with Gasteiger partial charge >= 0.3 is 6.03 Å². The van der Waals surface area contributed by atoms with Crippen molar-refractivity contribution in [3.05, 3.63) is 83.9 Å². The number of aromatic nitrogens is 3. The fraction of sp³-hybridized carbons (Fsp3) is 0.200. The molecule has 1 aromatic heterocycles. The van der Waals surface area contributed by atoms with Crippen molar-refractivity contribution < 1.29 is 13.6 Å². The molecule has 34 heavy (non-hydrogen) atoms. The zero-order valence-corrected chi connectivity index (χ0v) is 18.1. The van der Waals surface area contributed by atoms with Crippen molar-refractivity contribution in [3.63, 3.8) is 0 Å². The van der Waals surface area contributed by atoms with E-state index in [0.29, 0.717) is 42.5 Å². The summed E-state index contributed by atoms with van der Waals surface area (Å²) >= 11 is 0. The first-order valence-corrected chi connectivity index (χ1v) is 10.9. The summed E-state index contributed by atoms with van der Waals surface area (Å²) in [6.45, 7) is 0.948. The van der Waals surface area contributed by atoms with E-state index >= 15 is 0 Å². The lowest BCUT2D eigenvalue weighted by Gasteiger charge is -2.39. The molecule has 0 saturated carbocycles. The van der Waals surface area contributed by atoms with Crippen LogP contribution in [0.3, 0.4) is 0 Å². The summed E-state index contributed by atoms with van der Waals surface area (Å²) in [5.41, 5.74) is 3.05. The zero-order valence-electron chi connectivity index (χ0n) is 18.1. The second kappa shape index (κ2) is 8.90. The summed E-state index contributed by atoms with van der Waals surface area (Å²) in [7, 11) is 0. The van der Waals surface area contributed by atoms with Crippen molar-refractivity contribution in [1.82, 2.24) is 19.9 Å². The molecule has 0 unspecified atom stereocenters. The Morgan fingerprint density at radius 3 is 2.09 bits per heavy atom. The summed E-state index contributed by atoms with van der Waals surface area (Å²) in [6.07, 6.45) is 1.30. The first-order chi connectivity index (χ1) is 16.5. The number of rotatable bonds is 3. The molecule has 2 heterocycles. The van der Waals surface area contributed by atoms with Crippen LogP contribution in [0.15, 0.2) is 66.7 Å². The van der Waals surface area contributed by atoms with E-state index in [4.69, 9.17) is 0 Å². The van der Waals surface area contributed by atoms with Crippen molar-refractivity contribution in [2.75, 3.05) is 18.0 Å². The first kappa shape index (κ1) is 21.5. The third-order valence-corrected chi connectivity index (χ3v) is 6.07. The van der Waals surface area contributed by atoms with E-state index in [2.05, 4.69) is 21.3 Å². The highest BCUT2D eigenvalue weighted by Crippen LogP contribution is 2.32. The van der Waals surface area contributed by atoms with Crippen molar-refractivity contribution >= 4 is 28.4 Å². The average Bonchev–Trinajstić information content (AvgIpc) is 3.29. The van der Waals surface area contributed by atoms with Crippen LogP contribution in [0.4, 0.5) is 25.0 Å². The summed E-state index contributed by atoms with van der Waals surface area (Å²) in [4.78, 5) is 16.9. The maximum atomic E-state index is 13.5. The van der Waals surface area contributed by atoms with E-state index in [1.54, 1.807) is 47.4 Å². The van der Waals surface area contributed by atoms with Crippen LogP contribution in [0.5, 0.6) is 0 Å². The Bertz CT molecular complexity index is 1320. The molecule has 1 aliphatic rings. The zero-order chi connectivity index (χ0) is 23.7. The first-order valence-electron chi connectivity index (χ1n) is 10.9. The minimum absolute atomic E-state index is 0.0256. The Hall–Kier alpha value is -4.32. The summed E-state index contributed by atoms with van der Waals surface area (Å²) < 4.78 is 28.3. The van der Waals surface area contributed by atoms with Crippen LogP contribution in [-0.4, -0.2) is 45.1 Å². The highest BCUT2D eigenvalue weighted by Gasteiger charge is 2.30. The van der Waals surface area contributed by atoms with Gasteiger partial charge in [-0.3, -0.25) is 0 Å². The van der Waals surface area contributed by atoms with E-state index in [0.717, 1.165) is 11.4 Å². The van der Waals surface area contributed by atoms with Gasteiger partial charge in [-0.05, 0) is 79.6 Å². The number of carbonyl (C=O) groups is 1. The van der Waals surface area contributed by atoms with Crippen molar-refractivity contribution in [2.45, 2.75) is 18.9 Å². The molecule has 0 atom stereocenters. The van der Waals surface area contributed by atoms with Gasteiger partial charge < -0.3 is 9.80 Å².